The third-order valence-electron chi connectivity index (χ3n) is 5.18. The van der Waals surface area contributed by atoms with Gasteiger partial charge >= 0.3 is 0 Å². The molecule has 4 rings (SSSR count). The van der Waals surface area contributed by atoms with Crippen LogP contribution < -0.4 is 14.8 Å². The minimum atomic E-state index is 0. The highest BCUT2D eigenvalue weighted by Crippen LogP contribution is 2.32. The van der Waals surface area contributed by atoms with Crippen molar-refractivity contribution < 1.29 is 17.1 Å². The van der Waals surface area contributed by atoms with Crippen molar-refractivity contribution >= 4 is 23.1 Å². The van der Waals surface area contributed by atoms with E-state index in [0.717, 1.165) is 45.8 Å². The summed E-state index contributed by atoms with van der Waals surface area (Å²) in [5.74, 6) is 1.60. The number of hydrogen-bond acceptors (Lipinski definition) is 5. The molecule has 0 aliphatic rings. The van der Waals surface area contributed by atoms with Crippen LogP contribution in [0.4, 0.5) is 0 Å². The van der Waals surface area contributed by atoms with Crippen LogP contribution in [0.5, 0.6) is 11.5 Å². The van der Waals surface area contributed by atoms with Gasteiger partial charge in [-0.3, -0.25) is 10.4 Å². The van der Waals surface area contributed by atoms with E-state index in [0.29, 0.717) is 13.3 Å². The van der Waals surface area contributed by atoms with Gasteiger partial charge in [0.25, 0.3) is 0 Å². The van der Waals surface area contributed by atoms with Gasteiger partial charge < -0.3 is 14.2 Å². The first kappa shape index (κ1) is 21.6. The molecule has 0 spiro atoms. The monoisotopic (exact) mass is 433 g/mol. The van der Waals surface area contributed by atoms with Gasteiger partial charge in [0.1, 0.15) is 11.5 Å². The molecule has 0 fully saturated rings. The largest absolute Gasteiger partial charge is 0.497 e. The maximum absolute atomic E-state index is 5.85. The average Bonchev–Trinajstić information content (AvgIpc) is 3.26. The summed E-state index contributed by atoms with van der Waals surface area (Å²) < 4.78 is 16.8. The average molecular weight is 434 g/mol. The number of benzene rings is 3. The zero-order valence-electron chi connectivity index (χ0n) is 18.3. The maximum atomic E-state index is 5.85. The molecule has 3 aromatic carbocycles. The van der Waals surface area contributed by atoms with Crippen LogP contribution >= 0.6 is 0 Å². The SMILES string of the molecule is COc1ccc(/C=C/c2n[nH]c3ccc(COCNCc4ccccc4)c(OC)c23)cc1.[HH].[HH]. The summed E-state index contributed by atoms with van der Waals surface area (Å²) >= 11 is 0. The molecule has 6 nitrogen and oxygen atoms in total. The number of hydrogen-bond donors (Lipinski definition) is 2. The lowest BCUT2D eigenvalue weighted by atomic mass is 10.1. The first-order chi connectivity index (χ1) is 15.8. The molecule has 0 atom stereocenters. The number of H-pyrrole nitrogens is 1. The Bertz CT molecular complexity index is 1180. The Morgan fingerprint density at radius 3 is 2.50 bits per heavy atom. The van der Waals surface area contributed by atoms with Crippen molar-refractivity contribution in [2.24, 2.45) is 0 Å². The molecule has 0 radical (unpaired) electrons. The number of ether oxygens (including phenoxy) is 3. The molecule has 4 aromatic rings. The van der Waals surface area contributed by atoms with E-state index >= 15 is 0 Å². The lowest BCUT2D eigenvalue weighted by Crippen LogP contribution is -2.17. The van der Waals surface area contributed by atoms with Crippen molar-refractivity contribution in [2.45, 2.75) is 13.2 Å². The summed E-state index contributed by atoms with van der Waals surface area (Å²) in [5, 5.41) is 11.8. The summed E-state index contributed by atoms with van der Waals surface area (Å²) in [6, 6.07) is 22.1. The van der Waals surface area contributed by atoms with Crippen molar-refractivity contribution in [3.63, 3.8) is 0 Å². The Morgan fingerprint density at radius 2 is 1.75 bits per heavy atom. The third kappa shape index (κ3) is 5.17. The number of nitrogens with zero attached hydrogens (tertiary/aromatic N) is 1. The highest BCUT2D eigenvalue weighted by atomic mass is 16.5. The van der Waals surface area contributed by atoms with Gasteiger partial charge in [-0.15, -0.1) is 0 Å². The fraction of sp³-hybridized carbons (Fsp3) is 0.192. The smallest absolute Gasteiger partial charge is 0.136 e. The summed E-state index contributed by atoms with van der Waals surface area (Å²) in [6.45, 7) is 1.65. The van der Waals surface area contributed by atoms with E-state index in [4.69, 9.17) is 14.2 Å². The molecule has 0 amide bonds. The van der Waals surface area contributed by atoms with E-state index in [1.54, 1.807) is 14.2 Å². The van der Waals surface area contributed by atoms with Crippen molar-refractivity contribution in [2.75, 3.05) is 21.0 Å². The molecule has 168 valence electrons. The Labute approximate surface area is 190 Å². The summed E-state index contributed by atoms with van der Waals surface area (Å²) in [7, 11) is 3.34. The summed E-state index contributed by atoms with van der Waals surface area (Å²) in [6.07, 6.45) is 4.00. The second-order valence-electron chi connectivity index (χ2n) is 7.30. The van der Waals surface area contributed by atoms with Crippen molar-refractivity contribution in [3.05, 3.63) is 89.1 Å². The lowest BCUT2D eigenvalue weighted by Gasteiger charge is -2.11. The molecule has 0 aliphatic carbocycles. The zero-order valence-corrected chi connectivity index (χ0v) is 18.3. The van der Waals surface area contributed by atoms with Crippen LogP contribution in [-0.4, -0.2) is 31.1 Å². The molecule has 6 heteroatoms. The minimum Gasteiger partial charge on any atom is -0.497 e. The lowest BCUT2D eigenvalue weighted by molar-refractivity contribution is 0.101. The maximum Gasteiger partial charge on any atom is 0.136 e. The van der Waals surface area contributed by atoms with E-state index in [9.17, 15) is 0 Å². The van der Waals surface area contributed by atoms with Gasteiger partial charge in [-0.05, 0) is 35.4 Å². The molecule has 0 saturated carbocycles. The highest BCUT2D eigenvalue weighted by Gasteiger charge is 2.14. The van der Waals surface area contributed by atoms with Gasteiger partial charge in [-0.25, -0.2) is 0 Å². The molecular weight excluding hydrogens is 402 g/mol. The second-order valence-corrected chi connectivity index (χ2v) is 7.30. The van der Waals surface area contributed by atoms with Crippen molar-refractivity contribution in [1.29, 1.82) is 0 Å². The highest BCUT2D eigenvalue weighted by molar-refractivity contribution is 5.95. The van der Waals surface area contributed by atoms with Gasteiger partial charge in [0, 0.05) is 15.0 Å². The van der Waals surface area contributed by atoms with E-state index < -0.39 is 0 Å². The fourth-order valence-electron chi connectivity index (χ4n) is 3.53. The van der Waals surface area contributed by atoms with Crippen LogP contribution in [0.25, 0.3) is 23.1 Å². The predicted molar refractivity (Wildman–Crippen MR) is 132 cm³/mol. The van der Waals surface area contributed by atoms with Crippen molar-refractivity contribution in [1.82, 2.24) is 15.5 Å². The Hall–Kier alpha value is -3.61. The Balaban J connectivity index is 0.00000204. The summed E-state index contributed by atoms with van der Waals surface area (Å²) in [4.78, 5) is 0. The number of aromatic amines is 1. The molecule has 0 unspecified atom stereocenters. The standard InChI is InChI=1S/C26H27N3O3.2H2/c1-30-22-12-8-19(9-13-22)10-14-23-25-24(29-28-23)15-11-21(26(25)31-2)17-32-18-27-16-20-6-4-3-5-7-20;;/h3-15,27H,16-18H2,1-2H3,(H,28,29);2*1H/b14-10+;;. The molecule has 1 heterocycles. The van der Waals surface area contributed by atoms with Crippen molar-refractivity contribution in [3.8, 4) is 11.5 Å². The van der Waals surface area contributed by atoms with Crippen LogP contribution in [0.1, 0.15) is 25.2 Å². The van der Waals surface area contributed by atoms with Crippen LogP contribution in [0.15, 0.2) is 66.7 Å². The van der Waals surface area contributed by atoms with Gasteiger partial charge in [0.2, 0.25) is 0 Å². The van der Waals surface area contributed by atoms with Crippen LogP contribution in [0.2, 0.25) is 0 Å². The predicted octanol–water partition coefficient (Wildman–Crippen LogP) is 5.51. The van der Waals surface area contributed by atoms with E-state index in [1.165, 1.54) is 5.56 Å². The minimum absolute atomic E-state index is 0. The van der Waals surface area contributed by atoms with Gasteiger partial charge in [-0.2, -0.15) is 5.10 Å². The van der Waals surface area contributed by atoms with Crippen LogP contribution in [0, 0.1) is 0 Å². The Morgan fingerprint density at radius 1 is 0.938 bits per heavy atom. The third-order valence-corrected chi connectivity index (χ3v) is 5.18. The van der Waals surface area contributed by atoms with Gasteiger partial charge in [0.15, 0.2) is 0 Å². The van der Waals surface area contributed by atoms with Gasteiger partial charge in [-0.1, -0.05) is 54.6 Å². The number of methoxy groups -OCH3 is 2. The molecule has 1 aromatic heterocycles. The molecule has 0 aliphatic heterocycles. The first-order valence-electron chi connectivity index (χ1n) is 10.5. The first-order valence-corrected chi connectivity index (χ1v) is 10.5. The zero-order chi connectivity index (χ0) is 22.2. The fourth-order valence-corrected chi connectivity index (χ4v) is 3.53. The normalized spacial score (nSPS) is 11.3. The molecule has 0 bridgehead atoms. The topological polar surface area (TPSA) is 68.4 Å². The number of nitrogens with one attached hydrogen (secondary N) is 2. The number of rotatable bonds is 10. The van der Waals surface area contributed by atoms with E-state index in [1.807, 2.05) is 66.7 Å². The quantitative estimate of drug-likeness (QED) is 0.255. The summed E-state index contributed by atoms with van der Waals surface area (Å²) in [5.41, 5.74) is 4.99. The molecule has 32 heavy (non-hydrogen) atoms. The molecule has 0 saturated heterocycles. The Kier molecular flexibility index (Phi) is 7.17. The van der Waals surface area contributed by atoms with Crippen LogP contribution in [-0.2, 0) is 17.9 Å². The van der Waals surface area contributed by atoms with E-state index in [2.05, 4.69) is 27.6 Å². The second kappa shape index (κ2) is 10.6. The van der Waals surface area contributed by atoms with E-state index in [-0.39, 0.29) is 2.85 Å². The van der Waals surface area contributed by atoms with Gasteiger partial charge in [0.05, 0.1) is 44.2 Å². The molecule has 2 N–H and O–H groups in total. The molecular formula is C26H31N3O3. The number of aromatic nitrogens is 2. The van der Waals surface area contributed by atoms with Crippen LogP contribution in [0.3, 0.4) is 0 Å². The number of fused-ring (bicyclic) bond motifs is 1.